The minimum atomic E-state index is -2.83. The first kappa shape index (κ1) is 20.5. The van der Waals surface area contributed by atoms with Crippen molar-refractivity contribution in [3.63, 3.8) is 0 Å². The van der Waals surface area contributed by atoms with Crippen molar-refractivity contribution in [2.24, 2.45) is 4.99 Å². The monoisotopic (exact) mass is 450 g/mol. The van der Waals surface area contributed by atoms with E-state index in [0.29, 0.717) is 18.8 Å². The first-order valence-corrected chi connectivity index (χ1v) is 10.1. The molecule has 1 unspecified atom stereocenters. The predicted molar refractivity (Wildman–Crippen MR) is 96.5 cm³/mol. The van der Waals surface area contributed by atoms with E-state index in [-0.39, 0.29) is 21.8 Å². The second kappa shape index (κ2) is 9.19. The van der Waals surface area contributed by atoms with E-state index in [9.17, 15) is 14.2 Å². The van der Waals surface area contributed by atoms with Gasteiger partial charge in [-0.2, -0.15) is 0 Å². The number of aliphatic imine (C=N–C) groups is 1. The van der Waals surface area contributed by atoms with Gasteiger partial charge in [0.25, 0.3) is 7.52 Å². The van der Waals surface area contributed by atoms with Crippen molar-refractivity contribution in [1.29, 1.82) is 0 Å². The van der Waals surface area contributed by atoms with Crippen LogP contribution >= 0.6 is 23.4 Å². The SMILES string of the molecule is COP(C)(=O)NCCNc1nonc1C(=Nc1ccc(F)c(Br)c1)NO. The van der Waals surface area contributed by atoms with Gasteiger partial charge in [0.1, 0.15) is 5.82 Å². The molecular weight excluding hydrogens is 434 g/mol. The maximum absolute atomic E-state index is 13.3. The molecule has 0 spiro atoms. The van der Waals surface area contributed by atoms with Crippen molar-refractivity contribution in [1.82, 2.24) is 20.9 Å². The molecule has 10 nitrogen and oxygen atoms in total. The molecule has 142 valence electrons. The summed E-state index contributed by atoms with van der Waals surface area (Å²) in [6, 6.07) is 4.08. The molecule has 1 aromatic heterocycles. The molecule has 1 atom stereocenters. The van der Waals surface area contributed by atoms with Gasteiger partial charge in [0.2, 0.25) is 5.82 Å². The molecule has 0 bridgehead atoms. The van der Waals surface area contributed by atoms with Gasteiger partial charge in [0, 0.05) is 26.9 Å². The highest BCUT2D eigenvalue weighted by atomic mass is 79.9. The summed E-state index contributed by atoms with van der Waals surface area (Å²) < 4.78 is 34.7. The summed E-state index contributed by atoms with van der Waals surface area (Å²) in [5.74, 6) is -0.292. The number of nitrogens with zero attached hydrogens (tertiary/aromatic N) is 3. The van der Waals surface area contributed by atoms with E-state index in [1.165, 1.54) is 32.0 Å². The van der Waals surface area contributed by atoms with Crippen molar-refractivity contribution in [2.45, 2.75) is 0 Å². The summed E-state index contributed by atoms with van der Waals surface area (Å²) >= 11 is 3.06. The van der Waals surface area contributed by atoms with E-state index in [2.05, 4.69) is 46.3 Å². The van der Waals surface area contributed by atoms with Crippen LogP contribution in [-0.4, -0.2) is 48.2 Å². The summed E-state index contributed by atoms with van der Waals surface area (Å²) in [4.78, 5) is 4.14. The average Bonchev–Trinajstić information content (AvgIpc) is 3.08. The number of aromatic nitrogens is 2. The highest BCUT2D eigenvalue weighted by Crippen LogP contribution is 2.35. The Hall–Kier alpha value is -1.85. The highest BCUT2D eigenvalue weighted by Gasteiger charge is 2.17. The molecule has 0 saturated heterocycles. The van der Waals surface area contributed by atoms with Crippen molar-refractivity contribution in [3.05, 3.63) is 34.2 Å². The number of rotatable bonds is 8. The first-order chi connectivity index (χ1) is 12.4. The fourth-order valence-electron chi connectivity index (χ4n) is 1.78. The molecule has 1 aromatic carbocycles. The van der Waals surface area contributed by atoms with E-state index in [0.717, 1.165) is 0 Å². The number of benzene rings is 1. The number of amidine groups is 1. The van der Waals surface area contributed by atoms with E-state index < -0.39 is 13.3 Å². The van der Waals surface area contributed by atoms with E-state index in [4.69, 9.17) is 4.52 Å². The standard InChI is InChI=1S/C13H17BrFN6O4P/c1-24-26(2,23)17-6-5-16-12-11(20-25-21-12)13(19-22)18-8-3-4-10(15)9(14)7-8/h3-4,7,22H,5-6H2,1-2H3,(H,16,21)(H,17,23)(H,18,19). The normalized spacial score (nSPS) is 14.1. The Kier molecular flexibility index (Phi) is 7.23. The van der Waals surface area contributed by atoms with Gasteiger partial charge in [0.05, 0.1) is 10.2 Å². The van der Waals surface area contributed by atoms with Gasteiger partial charge in [-0.1, -0.05) is 0 Å². The number of halogens is 2. The molecule has 0 radical (unpaired) electrons. The number of hydrogen-bond acceptors (Lipinski definition) is 8. The number of hydrogen-bond donors (Lipinski definition) is 4. The fourth-order valence-corrected chi connectivity index (χ4v) is 2.79. The maximum atomic E-state index is 13.3. The van der Waals surface area contributed by atoms with Crippen LogP contribution in [0, 0.1) is 5.82 Å². The zero-order valence-electron chi connectivity index (χ0n) is 13.9. The topological polar surface area (TPSA) is 134 Å². The molecule has 4 N–H and O–H groups in total. The molecule has 0 fully saturated rings. The van der Waals surface area contributed by atoms with Crippen LogP contribution in [0.15, 0.2) is 32.3 Å². The number of hydroxylamine groups is 1. The second-order valence-corrected chi connectivity index (χ2v) is 8.22. The van der Waals surface area contributed by atoms with Crippen LogP contribution < -0.4 is 15.9 Å². The van der Waals surface area contributed by atoms with E-state index in [1.807, 2.05) is 5.48 Å². The Morgan fingerprint density at radius 2 is 2.23 bits per heavy atom. The van der Waals surface area contributed by atoms with Gasteiger partial charge in [-0.05, 0) is 44.4 Å². The van der Waals surface area contributed by atoms with Crippen molar-refractivity contribution in [2.75, 3.05) is 32.2 Å². The summed E-state index contributed by atoms with van der Waals surface area (Å²) in [6.07, 6.45) is 0. The van der Waals surface area contributed by atoms with Gasteiger partial charge in [-0.3, -0.25) is 15.3 Å². The smallest absolute Gasteiger partial charge is 0.266 e. The maximum Gasteiger partial charge on any atom is 0.266 e. The molecule has 0 aliphatic heterocycles. The van der Waals surface area contributed by atoms with Crippen LogP contribution in [-0.2, 0) is 9.09 Å². The van der Waals surface area contributed by atoms with Gasteiger partial charge in [-0.15, -0.1) is 0 Å². The van der Waals surface area contributed by atoms with Gasteiger partial charge in [0.15, 0.2) is 11.5 Å². The molecule has 0 saturated carbocycles. The molecule has 0 aliphatic rings. The van der Waals surface area contributed by atoms with Crippen LogP contribution in [0.2, 0.25) is 0 Å². The fraction of sp³-hybridized carbons (Fsp3) is 0.308. The average molecular weight is 451 g/mol. The Morgan fingerprint density at radius 1 is 1.46 bits per heavy atom. The second-order valence-electron chi connectivity index (χ2n) is 5.00. The van der Waals surface area contributed by atoms with Crippen molar-refractivity contribution >= 4 is 40.8 Å². The molecular formula is C13H17BrFN6O4P. The van der Waals surface area contributed by atoms with Gasteiger partial charge >= 0.3 is 0 Å². The van der Waals surface area contributed by atoms with Gasteiger partial charge < -0.3 is 9.84 Å². The lowest BCUT2D eigenvalue weighted by Gasteiger charge is -2.12. The van der Waals surface area contributed by atoms with Crippen LogP contribution in [0.3, 0.4) is 0 Å². The lowest BCUT2D eigenvalue weighted by atomic mass is 10.3. The van der Waals surface area contributed by atoms with Crippen LogP contribution in [0.25, 0.3) is 0 Å². The molecule has 0 aliphatic carbocycles. The Labute approximate surface area is 156 Å². The zero-order valence-corrected chi connectivity index (χ0v) is 16.3. The van der Waals surface area contributed by atoms with Crippen LogP contribution in [0.1, 0.15) is 5.69 Å². The molecule has 1 heterocycles. The quantitative estimate of drug-likeness (QED) is 0.157. The summed E-state index contributed by atoms with van der Waals surface area (Å²) in [6.45, 7) is 2.10. The largest absolute Gasteiger partial charge is 0.364 e. The lowest BCUT2D eigenvalue weighted by molar-refractivity contribution is 0.234. The van der Waals surface area contributed by atoms with Crippen molar-refractivity contribution < 1.29 is 23.3 Å². The summed E-state index contributed by atoms with van der Waals surface area (Å²) in [7, 11) is -1.48. The predicted octanol–water partition coefficient (Wildman–Crippen LogP) is 2.50. The first-order valence-electron chi connectivity index (χ1n) is 7.25. The third-order valence-electron chi connectivity index (χ3n) is 3.13. The molecule has 13 heteroatoms. The molecule has 2 aromatic rings. The van der Waals surface area contributed by atoms with E-state index >= 15 is 0 Å². The molecule has 26 heavy (non-hydrogen) atoms. The lowest BCUT2D eigenvalue weighted by Crippen LogP contribution is -2.24. The Morgan fingerprint density at radius 3 is 2.88 bits per heavy atom. The van der Waals surface area contributed by atoms with Crippen molar-refractivity contribution in [3.8, 4) is 0 Å². The van der Waals surface area contributed by atoms with Crippen LogP contribution in [0.5, 0.6) is 0 Å². The van der Waals surface area contributed by atoms with Gasteiger partial charge in [-0.25, -0.2) is 19.1 Å². The third-order valence-corrected chi connectivity index (χ3v) is 5.23. The Balaban J connectivity index is 2.10. The molecule has 0 amide bonds. The summed E-state index contributed by atoms with van der Waals surface area (Å²) in [5.41, 5.74) is 2.38. The number of nitrogens with one attached hydrogen (secondary N) is 3. The highest BCUT2D eigenvalue weighted by molar-refractivity contribution is 9.10. The van der Waals surface area contributed by atoms with Crippen LogP contribution in [0.4, 0.5) is 15.9 Å². The zero-order chi connectivity index (χ0) is 19.2. The third kappa shape index (κ3) is 5.58. The minimum Gasteiger partial charge on any atom is -0.364 e. The summed E-state index contributed by atoms with van der Waals surface area (Å²) in [5, 5.41) is 22.4. The minimum absolute atomic E-state index is 0.0572. The Bertz CT molecular complexity index is 833. The molecule has 2 rings (SSSR count). The number of anilines is 1. The van der Waals surface area contributed by atoms with E-state index in [1.54, 1.807) is 0 Å².